The molecule has 11 heteroatoms. The number of fused-ring (bicyclic) bond motifs is 1. The molecule has 10 nitrogen and oxygen atoms in total. The smallest absolute Gasteiger partial charge is 0.407 e. The Bertz CT molecular complexity index is 1620. The average Bonchev–Trinajstić information content (AvgIpc) is 3.53. The van der Waals surface area contributed by atoms with Crippen molar-refractivity contribution >= 4 is 16.1 Å². The van der Waals surface area contributed by atoms with Crippen LogP contribution in [0.1, 0.15) is 43.7 Å². The molecular weight excluding hydrogens is 522 g/mol. The third-order valence-corrected chi connectivity index (χ3v) is 7.83. The molecule has 2 aliphatic rings. The van der Waals surface area contributed by atoms with Crippen molar-refractivity contribution < 1.29 is 44.9 Å². The van der Waals surface area contributed by atoms with Crippen LogP contribution in [0.4, 0.5) is 4.79 Å². The normalized spacial score (nSPS) is 31.1. The van der Waals surface area contributed by atoms with Crippen LogP contribution in [0.3, 0.4) is 0 Å². The number of aliphatic hydroxyl groups is 1. The van der Waals surface area contributed by atoms with Crippen molar-refractivity contribution in [3.8, 4) is 6.07 Å². The lowest BCUT2D eigenvalue weighted by molar-refractivity contribution is -0.0907. The largest absolute Gasteiger partial charge is 0.443 e. The molecule has 2 aliphatic heterocycles. The van der Waals surface area contributed by atoms with Gasteiger partial charge >= 0.3 is 6.09 Å². The van der Waals surface area contributed by atoms with Crippen LogP contribution in [-0.4, -0.2) is 74.6 Å². The van der Waals surface area contributed by atoms with Crippen molar-refractivity contribution in [1.82, 2.24) is 9.62 Å². The monoisotopic (exact) mass is 566 g/mol. The Labute approximate surface area is 242 Å². The first-order valence-electron chi connectivity index (χ1n) is 16.6. The minimum absolute atomic E-state index is 0.0340. The summed E-state index contributed by atoms with van der Waals surface area (Å²) in [6.07, 6.45) is -7.18. The zero-order valence-electron chi connectivity index (χ0n) is 30.0. The van der Waals surface area contributed by atoms with E-state index in [0.717, 1.165) is 24.3 Å². The molecule has 4 rings (SSSR count). The molecule has 2 N–H and O–H groups in total. The van der Waals surface area contributed by atoms with Gasteiger partial charge in [-0.25, -0.2) is 13.2 Å². The van der Waals surface area contributed by atoms with Gasteiger partial charge < -0.3 is 24.6 Å². The Morgan fingerprint density at radius 1 is 1.36 bits per heavy atom. The SMILES string of the molecule is [2H]C([2H])([2H])C([2H])(C)C([2H])([2H])N(C[C@@H](O)[C@H](Cc1ccccc1)NC(=O)O[C@]1([2H])[C@@H]2CCO[C@@H]2OC1([2H])[2H])S(=O)(=O)c1ccc(C#N)cc1. The number of nitrogens with zero attached hydrogens (tertiary/aromatic N) is 2. The molecule has 2 aromatic carbocycles. The van der Waals surface area contributed by atoms with Gasteiger partial charge in [0, 0.05) is 21.3 Å². The van der Waals surface area contributed by atoms with E-state index in [9.17, 15) is 18.3 Å². The number of nitriles is 1. The lowest BCUT2D eigenvalue weighted by atomic mass is 10.0. The topological polar surface area (TPSA) is 138 Å². The molecule has 2 fully saturated rings. The van der Waals surface area contributed by atoms with E-state index in [-0.39, 0.29) is 29.3 Å². The first-order valence-corrected chi connectivity index (χ1v) is 13.6. The van der Waals surface area contributed by atoms with Crippen LogP contribution in [0.2, 0.25) is 0 Å². The van der Waals surface area contributed by atoms with Crippen LogP contribution in [0, 0.1) is 23.1 Å². The zero-order chi connectivity index (χ0) is 35.9. The van der Waals surface area contributed by atoms with E-state index < -0.39 is 83.8 Å². The maximum Gasteiger partial charge on any atom is 0.407 e. The highest BCUT2D eigenvalue weighted by Crippen LogP contribution is 2.33. The van der Waals surface area contributed by atoms with Gasteiger partial charge in [-0.15, -0.1) is 0 Å². The molecule has 2 heterocycles. The first kappa shape index (κ1) is 19.1. The summed E-state index contributed by atoms with van der Waals surface area (Å²) in [6.45, 7) is -10.0. The molecule has 1 unspecified atom stereocenters. The fraction of sp³-hybridized carbons (Fsp3) is 0.500. The lowest BCUT2D eigenvalue weighted by Crippen LogP contribution is -2.51. The second kappa shape index (κ2) is 12.9. The Morgan fingerprint density at radius 3 is 2.79 bits per heavy atom. The summed E-state index contributed by atoms with van der Waals surface area (Å²) in [5.41, 5.74) is 0.574. The number of hydrogen-bond donors (Lipinski definition) is 2. The molecule has 210 valence electrons. The Hall–Kier alpha value is -3.01. The van der Waals surface area contributed by atoms with Crippen molar-refractivity contribution in [3.63, 3.8) is 0 Å². The summed E-state index contributed by atoms with van der Waals surface area (Å²) < 4.78 is 118. The van der Waals surface area contributed by atoms with Crippen LogP contribution in [0.25, 0.3) is 0 Å². The Balaban J connectivity index is 1.71. The quantitative estimate of drug-likeness (QED) is 0.423. The second-order valence-electron chi connectivity index (χ2n) is 9.03. The molecule has 39 heavy (non-hydrogen) atoms. The van der Waals surface area contributed by atoms with E-state index in [1.807, 2.05) is 6.07 Å². The average molecular weight is 567 g/mol. The molecular formula is C28H35N3O7S. The molecule has 0 aliphatic carbocycles. The van der Waals surface area contributed by atoms with Gasteiger partial charge in [0.15, 0.2) is 6.29 Å². The van der Waals surface area contributed by atoms with Crippen molar-refractivity contribution in [3.05, 3.63) is 65.7 Å². The molecule has 1 amide bonds. The summed E-state index contributed by atoms with van der Waals surface area (Å²) in [6, 6.07) is 12.8. The predicted molar refractivity (Wildman–Crippen MR) is 142 cm³/mol. The van der Waals surface area contributed by atoms with Crippen LogP contribution in [-0.2, 0) is 30.7 Å². The number of alkyl carbamates (subject to hydrolysis) is 1. The zero-order valence-corrected chi connectivity index (χ0v) is 21.8. The maximum atomic E-state index is 14.0. The summed E-state index contributed by atoms with van der Waals surface area (Å²) in [5.74, 6) is -4.09. The summed E-state index contributed by atoms with van der Waals surface area (Å²) in [7, 11) is -5.05. The number of carbonyl (C=O) groups is 1. The second-order valence-corrected chi connectivity index (χ2v) is 10.9. The van der Waals surface area contributed by atoms with Crippen LogP contribution in [0.15, 0.2) is 59.5 Å². The molecule has 0 radical (unpaired) electrons. The number of hydrogen-bond acceptors (Lipinski definition) is 8. The third kappa shape index (κ3) is 7.35. The maximum absolute atomic E-state index is 14.0. The minimum Gasteiger partial charge on any atom is -0.443 e. The molecule has 6 atom stereocenters. The van der Waals surface area contributed by atoms with Gasteiger partial charge in [0.05, 0.1) is 51.9 Å². The highest BCUT2D eigenvalue weighted by Gasteiger charge is 2.44. The van der Waals surface area contributed by atoms with Crippen molar-refractivity contribution in [2.45, 2.75) is 56.0 Å². The standard InChI is InChI=1S/C28H35N3O7S/c1-19(2)16-31(39(34,35)22-10-8-21(15-29)9-11-22)17-25(32)24(14-20-6-4-3-5-7-20)30-28(33)38-26-18-37-27-23(26)12-13-36-27/h3-11,19,23-27,32H,12-14,16-18H2,1-2H3,(H,30,33)/t23-,24-,25+,26-,27+/m0/s1/i1D3,16D2,18D2,19D,26D/t19?,23-,24-,25+,26-,27+. The predicted octanol–water partition coefficient (Wildman–Crippen LogP) is 2.66. The lowest BCUT2D eigenvalue weighted by Gasteiger charge is -2.31. The number of benzene rings is 2. The number of aliphatic hydroxyl groups excluding tert-OH is 1. The number of sulfonamides is 1. The fourth-order valence-corrected chi connectivity index (χ4v) is 5.51. The molecule has 0 aromatic heterocycles. The molecule has 2 saturated heterocycles. The van der Waals surface area contributed by atoms with Gasteiger partial charge in [-0.2, -0.15) is 9.57 Å². The minimum atomic E-state index is -5.05. The van der Waals surface area contributed by atoms with E-state index in [0.29, 0.717) is 12.5 Å². The summed E-state index contributed by atoms with van der Waals surface area (Å²) in [4.78, 5) is 12.7. The van der Waals surface area contributed by atoms with Gasteiger partial charge in [-0.05, 0) is 48.6 Å². The third-order valence-electron chi connectivity index (χ3n) is 6.14. The van der Waals surface area contributed by atoms with Crippen molar-refractivity contribution in [2.75, 3.05) is 26.2 Å². The Kier molecular flexibility index (Phi) is 6.33. The van der Waals surface area contributed by atoms with Crippen molar-refractivity contribution in [2.24, 2.45) is 11.8 Å². The highest BCUT2D eigenvalue weighted by molar-refractivity contribution is 7.89. The van der Waals surface area contributed by atoms with E-state index in [1.165, 1.54) is 0 Å². The van der Waals surface area contributed by atoms with Crippen LogP contribution >= 0.6 is 0 Å². The van der Waals surface area contributed by atoms with E-state index in [1.54, 1.807) is 30.3 Å². The Morgan fingerprint density at radius 2 is 2.10 bits per heavy atom. The van der Waals surface area contributed by atoms with E-state index in [4.69, 9.17) is 31.8 Å². The van der Waals surface area contributed by atoms with E-state index in [2.05, 4.69) is 5.32 Å². The number of ether oxygens (including phenoxy) is 3. The number of amides is 1. The van der Waals surface area contributed by atoms with E-state index >= 15 is 0 Å². The van der Waals surface area contributed by atoms with Gasteiger partial charge in [0.25, 0.3) is 0 Å². The highest BCUT2D eigenvalue weighted by atomic mass is 32.2. The first-order chi connectivity index (χ1) is 22.1. The van der Waals surface area contributed by atoms with Crippen molar-refractivity contribution in [1.29, 1.82) is 5.26 Å². The van der Waals surface area contributed by atoms with Gasteiger partial charge in [0.1, 0.15) is 6.08 Å². The fourth-order valence-electron chi connectivity index (χ4n) is 4.17. The van der Waals surface area contributed by atoms with Crippen LogP contribution in [0.5, 0.6) is 0 Å². The van der Waals surface area contributed by atoms with Gasteiger partial charge in [0.2, 0.25) is 10.0 Å². The van der Waals surface area contributed by atoms with Gasteiger partial charge in [-0.1, -0.05) is 44.1 Å². The van der Waals surface area contributed by atoms with Gasteiger partial charge in [-0.3, -0.25) is 0 Å². The summed E-state index contributed by atoms with van der Waals surface area (Å²) in [5, 5.41) is 23.0. The number of carbonyl (C=O) groups excluding carboxylic acids is 1. The number of nitrogens with one attached hydrogen (secondary N) is 1. The molecule has 0 bridgehead atoms. The van der Waals surface area contributed by atoms with Crippen LogP contribution < -0.4 is 5.32 Å². The molecule has 2 aromatic rings. The molecule has 0 spiro atoms. The number of rotatable bonds is 11. The molecule has 0 saturated carbocycles. The summed E-state index contributed by atoms with van der Waals surface area (Å²) >= 11 is 0.